The molecule has 0 radical (unpaired) electrons. The zero-order valence-electron chi connectivity index (χ0n) is 9.78. The van der Waals surface area contributed by atoms with Crippen LogP contribution >= 0.6 is 23.4 Å². The number of likely N-dealkylation sites (N-methyl/N-ethyl adjacent to an activating group) is 1. The molecule has 1 aliphatic heterocycles. The van der Waals surface area contributed by atoms with E-state index in [-0.39, 0.29) is 6.04 Å². The third-order valence-corrected chi connectivity index (χ3v) is 3.96. The molecule has 0 fully saturated rings. The van der Waals surface area contributed by atoms with Crippen molar-refractivity contribution in [1.29, 1.82) is 0 Å². The molecule has 1 unspecified atom stereocenters. The molecular weight excluding hydrogens is 254 g/mol. The molecule has 0 spiro atoms. The highest BCUT2D eigenvalue weighted by Crippen LogP contribution is 2.24. The van der Waals surface area contributed by atoms with Gasteiger partial charge in [-0.1, -0.05) is 17.7 Å². The Labute approximate surface area is 111 Å². The third-order valence-electron chi connectivity index (χ3n) is 2.64. The van der Waals surface area contributed by atoms with Crippen LogP contribution in [0.25, 0.3) is 0 Å². The van der Waals surface area contributed by atoms with Crippen molar-refractivity contribution >= 4 is 23.4 Å². The first-order valence-electron chi connectivity index (χ1n) is 5.68. The Morgan fingerprint density at radius 1 is 1.53 bits per heavy atom. The molecule has 0 aromatic heterocycles. The molecule has 1 N–H and O–H groups in total. The molecule has 0 bridgehead atoms. The van der Waals surface area contributed by atoms with E-state index in [2.05, 4.69) is 17.5 Å². The lowest BCUT2D eigenvalue weighted by molar-refractivity contribution is 0.222. The number of thioether (sulfide) groups is 1. The third kappa shape index (κ3) is 3.66. The molecule has 0 aliphatic carbocycles. The van der Waals surface area contributed by atoms with E-state index in [0.29, 0.717) is 0 Å². The van der Waals surface area contributed by atoms with Crippen molar-refractivity contribution in [3.63, 3.8) is 0 Å². The SMILES string of the molecule is CNC(CSc1cccc(Cl)c1)C1=CCCO1. The monoisotopic (exact) mass is 269 g/mol. The molecular formula is C13H16ClNOS. The molecule has 2 rings (SSSR count). The van der Waals surface area contributed by atoms with Gasteiger partial charge in [-0.3, -0.25) is 0 Å². The predicted octanol–water partition coefficient (Wildman–Crippen LogP) is 3.32. The lowest BCUT2D eigenvalue weighted by atomic mass is 10.2. The summed E-state index contributed by atoms with van der Waals surface area (Å²) < 4.78 is 5.58. The zero-order valence-corrected chi connectivity index (χ0v) is 11.4. The number of benzene rings is 1. The smallest absolute Gasteiger partial charge is 0.110 e. The van der Waals surface area contributed by atoms with Crippen molar-refractivity contribution in [2.75, 3.05) is 19.4 Å². The van der Waals surface area contributed by atoms with Crippen LogP contribution in [0.2, 0.25) is 5.02 Å². The van der Waals surface area contributed by atoms with E-state index in [1.807, 2.05) is 25.2 Å². The molecule has 1 aliphatic rings. The molecule has 1 heterocycles. The molecule has 1 aromatic rings. The molecule has 0 amide bonds. The van der Waals surface area contributed by atoms with E-state index in [1.165, 1.54) is 4.90 Å². The summed E-state index contributed by atoms with van der Waals surface area (Å²) in [6.07, 6.45) is 3.19. The van der Waals surface area contributed by atoms with E-state index in [0.717, 1.165) is 29.6 Å². The summed E-state index contributed by atoms with van der Waals surface area (Å²) in [7, 11) is 1.96. The van der Waals surface area contributed by atoms with Crippen molar-refractivity contribution in [3.05, 3.63) is 41.1 Å². The van der Waals surface area contributed by atoms with E-state index < -0.39 is 0 Å². The highest BCUT2D eigenvalue weighted by atomic mass is 35.5. The number of ether oxygens (including phenoxy) is 1. The first kappa shape index (κ1) is 12.8. The van der Waals surface area contributed by atoms with Gasteiger partial charge < -0.3 is 10.1 Å². The van der Waals surface area contributed by atoms with E-state index in [9.17, 15) is 0 Å². The maximum atomic E-state index is 5.96. The van der Waals surface area contributed by atoms with E-state index in [4.69, 9.17) is 16.3 Å². The topological polar surface area (TPSA) is 21.3 Å². The minimum Gasteiger partial charge on any atom is -0.496 e. The Morgan fingerprint density at radius 3 is 3.06 bits per heavy atom. The fourth-order valence-corrected chi connectivity index (χ4v) is 3.05. The van der Waals surface area contributed by atoms with Crippen molar-refractivity contribution in [1.82, 2.24) is 5.32 Å². The standard InChI is InChI=1S/C13H16ClNOS/c1-15-12(13-6-3-7-16-13)9-17-11-5-2-4-10(14)8-11/h2,4-6,8,12,15H,3,7,9H2,1H3. The number of hydrogen-bond acceptors (Lipinski definition) is 3. The maximum Gasteiger partial charge on any atom is 0.110 e. The Hall–Kier alpha value is -0.640. The summed E-state index contributed by atoms with van der Waals surface area (Å²) in [5.41, 5.74) is 0. The molecule has 1 atom stereocenters. The highest BCUT2D eigenvalue weighted by molar-refractivity contribution is 7.99. The summed E-state index contributed by atoms with van der Waals surface area (Å²) in [5.74, 6) is 2.02. The van der Waals surface area contributed by atoms with Crippen molar-refractivity contribution in [3.8, 4) is 0 Å². The average molecular weight is 270 g/mol. The van der Waals surface area contributed by atoms with E-state index in [1.54, 1.807) is 11.8 Å². The summed E-state index contributed by atoms with van der Waals surface area (Å²) >= 11 is 7.74. The number of halogens is 1. The number of nitrogens with one attached hydrogen (secondary N) is 1. The van der Waals surface area contributed by atoms with Crippen LogP contribution in [0.1, 0.15) is 6.42 Å². The average Bonchev–Trinajstić information content (AvgIpc) is 2.84. The normalized spacial score (nSPS) is 16.5. The maximum absolute atomic E-state index is 5.96. The minimum atomic E-state index is 0.279. The van der Waals surface area contributed by atoms with Crippen molar-refractivity contribution < 1.29 is 4.74 Å². The van der Waals surface area contributed by atoms with Crippen molar-refractivity contribution in [2.45, 2.75) is 17.4 Å². The van der Waals surface area contributed by atoms with Crippen LogP contribution in [-0.4, -0.2) is 25.4 Å². The van der Waals surface area contributed by atoms with Gasteiger partial charge in [-0.2, -0.15) is 0 Å². The Balaban J connectivity index is 1.91. The number of rotatable bonds is 5. The van der Waals surface area contributed by atoms with Gasteiger partial charge in [0, 0.05) is 22.1 Å². The zero-order chi connectivity index (χ0) is 12.1. The van der Waals surface area contributed by atoms with Gasteiger partial charge in [-0.25, -0.2) is 0 Å². The van der Waals surface area contributed by atoms with Crippen LogP contribution in [0, 0.1) is 0 Å². The van der Waals surface area contributed by atoms with Gasteiger partial charge in [0.05, 0.1) is 12.6 Å². The van der Waals surface area contributed by atoms with Crippen LogP contribution in [0.15, 0.2) is 41.0 Å². The Bertz CT molecular complexity index is 408. The van der Waals surface area contributed by atoms with Crippen LogP contribution < -0.4 is 5.32 Å². The minimum absolute atomic E-state index is 0.279. The van der Waals surface area contributed by atoms with Crippen LogP contribution in [-0.2, 0) is 4.74 Å². The number of hydrogen-bond donors (Lipinski definition) is 1. The lowest BCUT2D eigenvalue weighted by Crippen LogP contribution is -2.30. The van der Waals surface area contributed by atoms with Gasteiger partial charge in [-0.05, 0) is 31.3 Å². The second kappa shape index (κ2) is 6.34. The van der Waals surface area contributed by atoms with Gasteiger partial charge >= 0.3 is 0 Å². The second-order valence-corrected chi connectivity index (χ2v) is 5.38. The highest BCUT2D eigenvalue weighted by Gasteiger charge is 2.17. The molecule has 0 saturated carbocycles. The van der Waals surface area contributed by atoms with Gasteiger partial charge in [-0.15, -0.1) is 11.8 Å². The molecule has 0 saturated heterocycles. The summed E-state index contributed by atoms with van der Waals surface area (Å²) in [6, 6.07) is 8.21. The molecule has 92 valence electrons. The Morgan fingerprint density at radius 2 is 2.41 bits per heavy atom. The van der Waals surface area contributed by atoms with Gasteiger partial charge in [0.2, 0.25) is 0 Å². The quantitative estimate of drug-likeness (QED) is 0.829. The van der Waals surface area contributed by atoms with Gasteiger partial charge in [0.25, 0.3) is 0 Å². The predicted molar refractivity (Wildman–Crippen MR) is 73.7 cm³/mol. The first-order chi connectivity index (χ1) is 8.29. The molecule has 17 heavy (non-hydrogen) atoms. The molecule has 2 nitrogen and oxygen atoms in total. The fourth-order valence-electron chi connectivity index (χ4n) is 1.72. The first-order valence-corrected chi connectivity index (χ1v) is 7.04. The second-order valence-electron chi connectivity index (χ2n) is 3.85. The van der Waals surface area contributed by atoms with Gasteiger partial charge in [0.15, 0.2) is 0 Å². The molecule has 1 aromatic carbocycles. The van der Waals surface area contributed by atoms with Crippen molar-refractivity contribution in [2.24, 2.45) is 0 Å². The lowest BCUT2D eigenvalue weighted by Gasteiger charge is -2.17. The Kier molecular flexibility index (Phi) is 4.77. The van der Waals surface area contributed by atoms with Gasteiger partial charge in [0.1, 0.15) is 5.76 Å². The fraction of sp³-hybridized carbons (Fsp3) is 0.385. The largest absolute Gasteiger partial charge is 0.496 e. The summed E-state index contributed by atoms with van der Waals surface area (Å²) in [4.78, 5) is 1.19. The summed E-state index contributed by atoms with van der Waals surface area (Å²) in [6.45, 7) is 0.815. The van der Waals surface area contributed by atoms with Crippen LogP contribution in [0.4, 0.5) is 0 Å². The van der Waals surface area contributed by atoms with E-state index >= 15 is 0 Å². The van der Waals surface area contributed by atoms with Crippen LogP contribution in [0.3, 0.4) is 0 Å². The molecule has 4 heteroatoms. The summed E-state index contributed by atoms with van der Waals surface area (Å²) in [5, 5.41) is 4.07. The van der Waals surface area contributed by atoms with Crippen LogP contribution in [0.5, 0.6) is 0 Å².